The van der Waals surface area contributed by atoms with Gasteiger partial charge in [0, 0.05) is 22.1 Å². The zero-order valence-electron chi connectivity index (χ0n) is 39.1. The molecule has 0 spiro atoms. The van der Waals surface area contributed by atoms with E-state index >= 15 is 0 Å². The van der Waals surface area contributed by atoms with Crippen LogP contribution in [0.1, 0.15) is 47.2 Å². The van der Waals surface area contributed by atoms with Gasteiger partial charge < -0.3 is 0 Å². The molecule has 0 saturated heterocycles. The SMILES string of the molecule is CC1(C)c2ccccc2-c2ccc(-c3nc(-c4ccccc4)nc(-c4cccc(-c5cccc(-c6ccc7c(c6)C(c6ccccc6)(c6ccccc6)c6cc([Si](C)(C)C)ccc6-7)c5)c4)n3)cc21. The quantitative estimate of drug-likeness (QED) is 0.143. The van der Waals surface area contributed by atoms with E-state index in [4.69, 9.17) is 15.0 Å². The molecular weight excluding hydrogens is 839 g/mol. The molecule has 0 fully saturated rings. The van der Waals surface area contributed by atoms with Gasteiger partial charge in [0.15, 0.2) is 17.5 Å². The van der Waals surface area contributed by atoms with E-state index in [9.17, 15) is 0 Å². The Morgan fingerprint density at radius 2 is 0.706 bits per heavy atom. The molecule has 0 radical (unpaired) electrons. The first-order valence-electron chi connectivity index (χ1n) is 23.8. The van der Waals surface area contributed by atoms with E-state index in [1.54, 1.807) is 0 Å². The highest BCUT2D eigenvalue weighted by Gasteiger charge is 2.47. The average Bonchev–Trinajstić information content (AvgIpc) is 3.81. The zero-order chi connectivity index (χ0) is 46.2. The lowest BCUT2D eigenvalue weighted by Crippen LogP contribution is -2.39. The molecule has 0 saturated carbocycles. The number of benzene rings is 9. The molecule has 10 aromatic rings. The highest BCUT2D eigenvalue weighted by molar-refractivity contribution is 6.88. The van der Waals surface area contributed by atoms with Crippen molar-refractivity contribution >= 4 is 13.3 Å². The van der Waals surface area contributed by atoms with E-state index in [-0.39, 0.29) is 5.41 Å². The van der Waals surface area contributed by atoms with Crippen LogP contribution in [0.5, 0.6) is 0 Å². The van der Waals surface area contributed by atoms with Crippen LogP contribution in [0.25, 0.3) is 78.7 Å². The lowest BCUT2D eigenvalue weighted by Gasteiger charge is -2.35. The molecule has 68 heavy (non-hydrogen) atoms. The monoisotopic (exact) mass is 889 g/mol. The Bertz CT molecular complexity index is 3530. The van der Waals surface area contributed by atoms with Crippen molar-refractivity contribution in [3.8, 4) is 78.7 Å². The smallest absolute Gasteiger partial charge is 0.164 e. The van der Waals surface area contributed by atoms with Gasteiger partial charge in [-0.1, -0.05) is 233 Å². The summed E-state index contributed by atoms with van der Waals surface area (Å²) in [6.07, 6.45) is 0. The van der Waals surface area contributed by atoms with Crippen LogP contribution in [0.2, 0.25) is 19.6 Å². The minimum Gasteiger partial charge on any atom is -0.208 e. The molecule has 0 bridgehead atoms. The van der Waals surface area contributed by atoms with Gasteiger partial charge in [0.2, 0.25) is 0 Å². The van der Waals surface area contributed by atoms with Crippen molar-refractivity contribution in [2.24, 2.45) is 0 Å². The zero-order valence-corrected chi connectivity index (χ0v) is 40.1. The molecule has 2 aliphatic rings. The first-order chi connectivity index (χ1) is 33.1. The molecule has 1 heterocycles. The standard InChI is InChI=1S/C64H51N3Si/c1-63(2)56-30-16-15-29-52(56)53-35-32-48(40-57(53)63)62-66-60(42-19-9-6-10-20-42)65-61(67-62)47-24-18-23-45(38-47)43-21-17-22-44(37-43)46-31-34-54-55-36-33-51(68(3,4)5)41-59(55)64(58(54)39-46,49-25-11-7-12-26-49)50-27-13-8-14-28-50/h6-41H,1-5H3. The van der Waals surface area contributed by atoms with Crippen LogP contribution in [-0.2, 0) is 10.8 Å². The Labute approximate surface area is 401 Å². The highest BCUT2D eigenvalue weighted by Crippen LogP contribution is 2.57. The van der Waals surface area contributed by atoms with E-state index in [0.717, 1.165) is 27.8 Å². The predicted molar refractivity (Wildman–Crippen MR) is 285 cm³/mol. The van der Waals surface area contributed by atoms with Crippen LogP contribution in [-0.4, -0.2) is 23.0 Å². The molecule has 2 aliphatic carbocycles. The van der Waals surface area contributed by atoms with Crippen molar-refractivity contribution in [1.82, 2.24) is 15.0 Å². The van der Waals surface area contributed by atoms with E-state index in [1.165, 1.54) is 71.9 Å². The van der Waals surface area contributed by atoms with Gasteiger partial charge in [0.05, 0.1) is 13.5 Å². The van der Waals surface area contributed by atoms with Crippen molar-refractivity contribution in [3.05, 3.63) is 252 Å². The third-order valence-electron chi connectivity index (χ3n) is 14.6. The van der Waals surface area contributed by atoms with Crippen molar-refractivity contribution in [1.29, 1.82) is 0 Å². The summed E-state index contributed by atoms with van der Waals surface area (Å²) in [6, 6.07) is 80.0. The number of nitrogens with zero attached hydrogens (tertiary/aromatic N) is 3. The second-order valence-electron chi connectivity index (χ2n) is 20.0. The molecule has 4 heteroatoms. The molecule has 12 rings (SSSR count). The Balaban J connectivity index is 0.959. The normalized spacial score (nSPS) is 13.9. The van der Waals surface area contributed by atoms with Crippen molar-refractivity contribution in [3.63, 3.8) is 0 Å². The summed E-state index contributed by atoms with van der Waals surface area (Å²) in [6.45, 7) is 12.0. The summed E-state index contributed by atoms with van der Waals surface area (Å²) < 4.78 is 0. The fourth-order valence-electron chi connectivity index (χ4n) is 11.0. The fraction of sp³-hybridized carbons (Fsp3) is 0.109. The maximum absolute atomic E-state index is 5.23. The molecule has 326 valence electrons. The maximum Gasteiger partial charge on any atom is 0.164 e. The van der Waals surface area contributed by atoms with Gasteiger partial charge in [-0.25, -0.2) is 15.0 Å². The first-order valence-corrected chi connectivity index (χ1v) is 27.3. The van der Waals surface area contributed by atoms with Gasteiger partial charge in [-0.2, -0.15) is 0 Å². The number of hydrogen-bond acceptors (Lipinski definition) is 3. The van der Waals surface area contributed by atoms with Gasteiger partial charge in [0.25, 0.3) is 0 Å². The molecule has 3 nitrogen and oxygen atoms in total. The van der Waals surface area contributed by atoms with E-state index in [2.05, 4.69) is 234 Å². The summed E-state index contributed by atoms with van der Waals surface area (Å²) in [4.78, 5) is 15.5. The summed E-state index contributed by atoms with van der Waals surface area (Å²) in [5, 5.41) is 1.47. The lowest BCUT2D eigenvalue weighted by molar-refractivity contribution is 0.660. The molecule has 0 unspecified atom stereocenters. The molecule has 0 amide bonds. The highest BCUT2D eigenvalue weighted by atomic mass is 28.3. The maximum atomic E-state index is 5.23. The van der Waals surface area contributed by atoms with Crippen molar-refractivity contribution in [2.45, 2.75) is 44.3 Å². The minimum atomic E-state index is -1.64. The topological polar surface area (TPSA) is 38.7 Å². The fourth-order valence-corrected chi connectivity index (χ4v) is 12.2. The molecular formula is C64H51N3Si. The summed E-state index contributed by atoms with van der Waals surface area (Å²) in [5.74, 6) is 1.95. The van der Waals surface area contributed by atoms with E-state index in [1.807, 2.05) is 18.2 Å². The summed E-state index contributed by atoms with van der Waals surface area (Å²) >= 11 is 0. The molecule has 9 aromatic carbocycles. The van der Waals surface area contributed by atoms with Crippen LogP contribution in [0.3, 0.4) is 0 Å². The van der Waals surface area contributed by atoms with Gasteiger partial charge in [-0.15, -0.1) is 0 Å². The average molecular weight is 890 g/mol. The van der Waals surface area contributed by atoms with Crippen LogP contribution < -0.4 is 5.19 Å². The number of fused-ring (bicyclic) bond motifs is 6. The lowest BCUT2D eigenvalue weighted by atomic mass is 9.67. The molecule has 1 aromatic heterocycles. The van der Waals surface area contributed by atoms with E-state index < -0.39 is 13.5 Å². The summed E-state index contributed by atoms with van der Waals surface area (Å²) in [5.41, 5.74) is 19.9. The van der Waals surface area contributed by atoms with Crippen molar-refractivity contribution in [2.75, 3.05) is 0 Å². The Kier molecular flexibility index (Phi) is 9.75. The van der Waals surface area contributed by atoms with Crippen LogP contribution in [0, 0.1) is 0 Å². The Morgan fingerprint density at radius 3 is 1.31 bits per heavy atom. The minimum absolute atomic E-state index is 0.141. The first kappa shape index (κ1) is 41.6. The van der Waals surface area contributed by atoms with Gasteiger partial charge in [0.1, 0.15) is 0 Å². The van der Waals surface area contributed by atoms with Gasteiger partial charge >= 0.3 is 0 Å². The molecule has 0 atom stereocenters. The van der Waals surface area contributed by atoms with Gasteiger partial charge in [-0.3, -0.25) is 0 Å². The third-order valence-corrected chi connectivity index (χ3v) is 16.6. The van der Waals surface area contributed by atoms with Crippen LogP contribution in [0.15, 0.2) is 218 Å². The Hall–Kier alpha value is -7.79. The van der Waals surface area contributed by atoms with Gasteiger partial charge in [-0.05, 0) is 102 Å². The van der Waals surface area contributed by atoms with E-state index in [0.29, 0.717) is 17.5 Å². The van der Waals surface area contributed by atoms with Crippen LogP contribution >= 0.6 is 0 Å². The Morgan fingerprint density at radius 1 is 0.309 bits per heavy atom. The predicted octanol–water partition coefficient (Wildman–Crippen LogP) is 15.4. The number of hydrogen-bond donors (Lipinski definition) is 0. The van der Waals surface area contributed by atoms with Crippen molar-refractivity contribution < 1.29 is 0 Å². The number of rotatable bonds is 8. The number of aromatic nitrogens is 3. The molecule has 0 aliphatic heterocycles. The van der Waals surface area contributed by atoms with Crippen LogP contribution in [0.4, 0.5) is 0 Å². The third kappa shape index (κ3) is 6.73. The second-order valence-corrected chi connectivity index (χ2v) is 25.1. The second kappa shape index (κ2) is 15.9. The summed E-state index contributed by atoms with van der Waals surface area (Å²) in [7, 11) is -1.64. The largest absolute Gasteiger partial charge is 0.208 e. The molecule has 0 N–H and O–H groups in total.